The van der Waals surface area contributed by atoms with Crippen molar-refractivity contribution in [3.63, 3.8) is 0 Å². The van der Waals surface area contributed by atoms with Gasteiger partial charge < -0.3 is 10.1 Å². The molecule has 0 bridgehead atoms. The van der Waals surface area contributed by atoms with Crippen molar-refractivity contribution in [3.8, 4) is 0 Å². The molecule has 0 radical (unpaired) electrons. The topological polar surface area (TPSA) is 64.4 Å². The van der Waals surface area contributed by atoms with Crippen LogP contribution in [-0.4, -0.2) is 24.2 Å². The Hall–Kier alpha value is -1.62. The monoisotopic (exact) mass is 222 g/mol. The summed E-state index contributed by atoms with van der Waals surface area (Å²) in [6.07, 6.45) is 2.27. The molecule has 1 aromatic carbocycles. The van der Waals surface area contributed by atoms with E-state index in [1.165, 1.54) is 6.07 Å². The van der Waals surface area contributed by atoms with Crippen LogP contribution < -0.4 is 5.32 Å². The lowest BCUT2D eigenvalue weighted by atomic mass is 10.2. The van der Waals surface area contributed by atoms with Crippen LogP contribution in [0, 0.1) is 10.1 Å². The lowest BCUT2D eigenvalue weighted by Crippen LogP contribution is -2.18. The zero-order chi connectivity index (χ0) is 11.4. The van der Waals surface area contributed by atoms with E-state index in [-0.39, 0.29) is 16.7 Å². The van der Waals surface area contributed by atoms with E-state index in [2.05, 4.69) is 5.32 Å². The third-order valence-electron chi connectivity index (χ3n) is 2.64. The number of nitro groups is 1. The molecule has 16 heavy (non-hydrogen) atoms. The quantitative estimate of drug-likeness (QED) is 0.626. The fourth-order valence-electron chi connectivity index (χ4n) is 1.81. The van der Waals surface area contributed by atoms with Crippen LogP contribution in [0.4, 0.5) is 11.4 Å². The summed E-state index contributed by atoms with van der Waals surface area (Å²) in [4.78, 5) is 10.4. The SMILES string of the molecule is O=[N+]([O-])c1ccccc1NC[C@H]1CCCO1. The number of benzene rings is 1. The van der Waals surface area contributed by atoms with Crippen LogP contribution in [0.3, 0.4) is 0 Å². The van der Waals surface area contributed by atoms with Crippen molar-refractivity contribution in [1.29, 1.82) is 0 Å². The number of hydrogen-bond donors (Lipinski definition) is 1. The summed E-state index contributed by atoms with van der Waals surface area (Å²) in [6.45, 7) is 1.42. The molecule has 1 fully saturated rings. The number of ether oxygens (including phenoxy) is 1. The molecule has 1 atom stereocenters. The van der Waals surface area contributed by atoms with Gasteiger partial charge in [0.05, 0.1) is 11.0 Å². The highest BCUT2D eigenvalue weighted by Gasteiger charge is 2.17. The van der Waals surface area contributed by atoms with Gasteiger partial charge in [-0.1, -0.05) is 12.1 Å². The number of para-hydroxylation sites is 2. The molecule has 0 unspecified atom stereocenters. The van der Waals surface area contributed by atoms with Gasteiger partial charge in [0, 0.05) is 19.2 Å². The van der Waals surface area contributed by atoms with E-state index in [0.717, 1.165) is 19.4 Å². The predicted molar refractivity (Wildman–Crippen MR) is 60.6 cm³/mol. The minimum absolute atomic E-state index is 0.112. The second kappa shape index (κ2) is 4.94. The maximum Gasteiger partial charge on any atom is 0.292 e. The molecular formula is C11H14N2O3. The summed E-state index contributed by atoms with van der Waals surface area (Å²) in [5.74, 6) is 0. The molecule has 0 saturated carbocycles. The maximum absolute atomic E-state index is 10.8. The Morgan fingerprint density at radius 1 is 1.50 bits per heavy atom. The van der Waals surface area contributed by atoms with Gasteiger partial charge in [0.1, 0.15) is 5.69 Å². The lowest BCUT2D eigenvalue weighted by Gasteiger charge is -2.11. The van der Waals surface area contributed by atoms with E-state index in [0.29, 0.717) is 12.2 Å². The lowest BCUT2D eigenvalue weighted by molar-refractivity contribution is -0.384. The van der Waals surface area contributed by atoms with Crippen LogP contribution in [0.2, 0.25) is 0 Å². The first kappa shape index (κ1) is 10.9. The van der Waals surface area contributed by atoms with Crippen molar-refractivity contribution >= 4 is 11.4 Å². The first-order valence-corrected chi connectivity index (χ1v) is 5.36. The fraction of sp³-hybridized carbons (Fsp3) is 0.455. The van der Waals surface area contributed by atoms with Crippen LogP contribution in [0.1, 0.15) is 12.8 Å². The van der Waals surface area contributed by atoms with E-state index >= 15 is 0 Å². The molecule has 5 heteroatoms. The van der Waals surface area contributed by atoms with Gasteiger partial charge in [-0.3, -0.25) is 10.1 Å². The van der Waals surface area contributed by atoms with Crippen molar-refractivity contribution in [1.82, 2.24) is 0 Å². The Morgan fingerprint density at radius 3 is 3.00 bits per heavy atom. The Kier molecular flexibility index (Phi) is 3.36. The molecule has 0 aliphatic carbocycles. The van der Waals surface area contributed by atoms with Gasteiger partial charge in [0.2, 0.25) is 0 Å². The molecule has 1 aliphatic heterocycles. The number of hydrogen-bond acceptors (Lipinski definition) is 4. The van der Waals surface area contributed by atoms with E-state index < -0.39 is 0 Å². The largest absolute Gasteiger partial charge is 0.377 e. The smallest absolute Gasteiger partial charge is 0.292 e. The summed E-state index contributed by atoms with van der Waals surface area (Å²) in [5.41, 5.74) is 0.670. The minimum Gasteiger partial charge on any atom is -0.377 e. The summed E-state index contributed by atoms with van der Waals surface area (Å²) < 4.78 is 5.44. The number of nitrogens with one attached hydrogen (secondary N) is 1. The normalized spacial score (nSPS) is 19.6. The Bertz CT molecular complexity index is 375. The second-order valence-electron chi connectivity index (χ2n) is 3.79. The van der Waals surface area contributed by atoms with E-state index in [4.69, 9.17) is 4.74 Å². The maximum atomic E-state index is 10.8. The van der Waals surface area contributed by atoms with Crippen molar-refractivity contribution in [2.45, 2.75) is 18.9 Å². The van der Waals surface area contributed by atoms with Crippen molar-refractivity contribution in [3.05, 3.63) is 34.4 Å². The van der Waals surface area contributed by atoms with E-state index in [1.807, 2.05) is 0 Å². The number of nitro benzene ring substituents is 1. The molecule has 0 aromatic heterocycles. The molecule has 5 nitrogen and oxygen atoms in total. The average Bonchev–Trinajstić information content (AvgIpc) is 2.79. The summed E-state index contributed by atoms with van der Waals surface area (Å²) in [5, 5.41) is 13.8. The van der Waals surface area contributed by atoms with Crippen LogP contribution in [0.15, 0.2) is 24.3 Å². The van der Waals surface area contributed by atoms with E-state index in [9.17, 15) is 10.1 Å². The molecule has 86 valence electrons. The Morgan fingerprint density at radius 2 is 2.31 bits per heavy atom. The number of nitrogens with zero attached hydrogens (tertiary/aromatic N) is 1. The average molecular weight is 222 g/mol. The van der Waals surface area contributed by atoms with Crippen LogP contribution in [-0.2, 0) is 4.74 Å². The highest BCUT2D eigenvalue weighted by molar-refractivity contribution is 5.61. The number of rotatable bonds is 4. The van der Waals surface area contributed by atoms with Gasteiger partial charge >= 0.3 is 0 Å². The van der Waals surface area contributed by atoms with Crippen molar-refractivity contribution in [2.75, 3.05) is 18.5 Å². The van der Waals surface area contributed by atoms with Gasteiger partial charge in [-0.15, -0.1) is 0 Å². The van der Waals surface area contributed by atoms with Gasteiger partial charge in [0.15, 0.2) is 0 Å². The third-order valence-corrected chi connectivity index (χ3v) is 2.64. The standard InChI is InChI=1S/C11H14N2O3/c14-13(15)11-6-2-1-5-10(11)12-8-9-4-3-7-16-9/h1-2,5-6,9,12H,3-4,7-8H2/t9-/m1/s1. The van der Waals surface area contributed by atoms with Crippen LogP contribution in [0.25, 0.3) is 0 Å². The van der Waals surface area contributed by atoms with Crippen LogP contribution in [0.5, 0.6) is 0 Å². The van der Waals surface area contributed by atoms with Crippen molar-refractivity contribution < 1.29 is 9.66 Å². The van der Waals surface area contributed by atoms with Crippen molar-refractivity contribution in [2.24, 2.45) is 0 Å². The second-order valence-corrected chi connectivity index (χ2v) is 3.79. The fourth-order valence-corrected chi connectivity index (χ4v) is 1.81. The van der Waals surface area contributed by atoms with E-state index in [1.54, 1.807) is 18.2 Å². The van der Waals surface area contributed by atoms with Gasteiger partial charge in [-0.05, 0) is 18.9 Å². The summed E-state index contributed by atoms with van der Waals surface area (Å²) >= 11 is 0. The van der Waals surface area contributed by atoms with Gasteiger partial charge in [-0.25, -0.2) is 0 Å². The molecule has 1 heterocycles. The van der Waals surface area contributed by atoms with Gasteiger partial charge in [-0.2, -0.15) is 0 Å². The molecule has 0 spiro atoms. The third kappa shape index (κ3) is 2.49. The van der Waals surface area contributed by atoms with Gasteiger partial charge in [0.25, 0.3) is 5.69 Å². The zero-order valence-electron chi connectivity index (χ0n) is 8.89. The highest BCUT2D eigenvalue weighted by Crippen LogP contribution is 2.23. The predicted octanol–water partition coefficient (Wildman–Crippen LogP) is 2.19. The molecule has 1 N–H and O–H groups in total. The number of anilines is 1. The highest BCUT2D eigenvalue weighted by atomic mass is 16.6. The molecule has 1 aromatic rings. The zero-order valence-corrected chi connectivity index (χ0v) is 8.89. The molecule has 1 aliphatic rings. The molecular weight excluding hydrogens is 208 g/mol. The Labute approximate surface area is 93.6 Å². The minimum atomic E-state index is -0.377. The summed E-state index contributed by atoms with van der Waals surface area (Å²) in [6, 6.07) is 6.66. The first-order chi connectivity index (χ1) is 7.77. The van der Waals surface area contributed by atoms with Crippen LogP contribution >= 0.6 is 0 Å². The molecule has 0 amide bonds. The molecule has 2 rings (SSSR count). The Balaban J connectivity index is 2.00. The molecule has 1 saturated heterocycles. The summed E-state index contributed by atoms with van der Waals surface area (Å²) in [7, 11) is 0. The first-order valence-electron chi connectivity index (χ1n) is 5.36.